The van der Waals surface area contributed by atoms with E-state index in [4.69, 9.17) is 4.74 Å². The van der Waals surface area contributed by atoms with Crippen LogP contribution in [0, 0.1) is 0 Å². The van der Waals surface area contributed by atoms with Gasteiger partial charge < -0.3 is 4.74 Å². The lowest BCUT2D eigenvalue weighted by Crippen LogP contribution is -2.18. The summed E-state index contributed by atoms with van der Waals surface area (Å²) in [7, 11) is -3.73. The molecule has 2 aliphatic heterocycles. The SMILES string of the molecule is O=S1(=O)N=CC2=COc3ccccc3C2=N1. The number of allylic oxidation sites excluding steroid dienone is 1. The second-order valence-corrected chi connectivity index (χ2v) is 4.60. The molecule has 0 aromatic heterocycles. The Morgan fingerprint density at radius 2 is 2.00 bits per heavy atom. The van der Waals surface area contributed by atoms with Crippen molar-refractivity contribution in [2.45, 2.75) is 0 Å². The number of nitrogens with zero attached hydrogens (tertiary/aromatic N) is 2. The predicted molar refractivity (Wildman–Crippen MR) is 59.1 cm³/mol. The average Bonchev–Trinajstić information content (AvgIpc) is 2.28. The standard InChI is InChI=1S/C10H6N2O3S/c13-16(14)11-5-7-6-15-9-4-2-1-3-8(9)10(7)12-16/h1-6H. The van der Waals surface area contributed by atoms with Crippen molar-refractivity contribution in [3.8, 4) is 5.75 Å². The van der Waals surface area contributed by atoms with Crippen LogP contribution in [0.2, 0.25) is 0 Å². The Kier molecular flexibility index (Phi) is 1.75. The van der Waals surface area contributed by atoms with E-state index in [1.54, 1.807) is 18.2 Å². The lowest BCUT2D eigenvalue weighted by molar-refractivity contribution is 0.475. The Bertz CT molecular complexity index is 656. The Hall–Kier alpha value is -1.95. The monoisotopic (exact) mass is 234 g/mol. The quantitative estimate of drug-likeness (QED) is 0.674. The van der Waals surface area contributed by atoms with Crippen molar-refractivity contribution in [1.82, 2.24) is 0 Å². The van der Waals surface area contributed by atoms with Crippen LogP contribution in [0.3, 0.4) is 0 Å². The van der Waals surface area contributed by atoms with E-state index in [0.29, 0.717) is 22.6 Å². The van der Waals surface area contributed by atoms with Crippen LogP contribution >= 0.6 is 0 Å². The highest BCUT2D eigenvalue weighted by Crippen LogP contribution is 2.28. The second kappa shape index (κ2) is 3.02. The van der Waals surface area contributed by atoms with Crippen molar-refractivity contribution in [3.63, 3.8) is 0 Å². The van der Waals surface area contributed by atoms with E-state index in [1.807, 2.05) is 6.07 Å². The highest BCUT2D eigenvalue weighted by atomic mass is 32.2. The van der Waals surface area contributed by atoms with Crippen molar-refractivity contribution < 1.29 is 13.2 Å². The van der Waals surface area contributed by atoms with Gasteiger partial charge in [0.15, 0.2) is 0 Å². The third-order valence-electron chi connectivity index (χ3n) is 2.26. The van der Waals surface area contributed by atoms with Crippen LogP contribution < -0.4 is 4.74 Å². The molecule has 0 bridgehead atoms. The van der Waals surface area contributed by atoms with Gasteiger partial charge in [0.25, 0.3) is 0 Å². The molecule has 1 aromatic rings. The average molecular weight is 234 g/mol. The Morgan fingerprint density at radius 3 is 2.88 bits per heavy atom. The molecule has 0 unspecified atom stereocenters. The van der Waals surface area contributed by atoms with Crippen molar-refractivity contribution in [2.24, 2.45) is 8.80 Å². The number of benzene rings is 1. The number of ether oxygens (including phenoxy) is 1. The molecule has 5 nitrogen and oxygen atoms in total. The van der Waals surface area contributed by atoms with Gasteiger partial charge in [-0.1, -0.05) is 12.1 Å². The molecule has 1 aromatic carbocycles. The fraction of sp³-hybridized carbons (Fsp3) is 0. The van der Waals surface area contributed by atoms with Crippen LogP contribution in [0.5, 0.6) is 5.75 Å². The molecule has 2 heterocycles. The van der Waals surface area contributed by atoms with Gasteiger partial charge in [0.2, 0.25) is 0 Å². The lowest BCUT2D eigenvalue weighted by atomic mass is 10.0. The number of hydrogen-bond donors (Lipinski definition) is 0. The van der Waals surface area contributed by atoms with Crippen LogP contribution in [-0.2, 0) is 10.2 Å². The molecule has 0 radical (unpaired) electrons. The predicted octanol–water partition coefficient (Wildman–Crippen LogP) is 1.08. The smallest absolute Gasteiger partial charge is 0.363 e. The van der Waals surface area contributed by atoms with Gasteiger partial charge in [0.1, 0.15) is 17.7 Å². The maximum absolute atomic E-state index is 11.3. The molecule has 0 atom stereocenters. The van der Waals surface area contributed by atoms with E-state index in [0.717, 1.165) is 0 Å². The molecule has 2 aliphatic rings. The molecular weight excluding hydrogens is 228 g/mol. The van der Waals surface area contributed by atoms with E-state index in [-0.39, 0.29) is 0 Å². The van der Waals surface area contributed by atoms with Gasteiger partial charge >= 0.3 is 10.2 Å². The molecular formula is C10H6N2O3S. The fourth-order valence-corrected chi connectivity index (χ4v) is 2.29. The Morgan fingerprint density at radius 1 is 1.19 bits per heavy atom. The number of rotatable bonds is 0. The fourth-order valence-electron chi connectivity index (χ4n) is 1.56. The molecule has 6 heteroatoms. The molecule has 0 aliphatic carbocycles. The van der Waals surface area contributed by atoms with Crippen LogP contribution in [0.4, 0.5) is 0 Å². The maximum atomic E-state index is 11.3. The molecule has 0 saturated carbocycles. The van der Waals surface area contributed by atoms with Crippen molar-refractivity contribution in [3.05, 3.63) is 41.7 Å². The Balaban J connectivity index is 2.27. The van der Waals surface area contributed by atoms with Crippen molar-refractivity contribution in [2.75, 3.05) is 0 Å². The molecule has 0 amide bonds. The molecule has 0 fully saturated rings. The van der Waals surface area contributed by atoms with Crippen LogP contribution in [0.15, 0.2) is 44.9 Å². The van der Waals surface area contributed by atoms with Gasteiger partial charge in [0, 0.05) is 5.56 Å². The summed E-state index contributed by atoms with van der Waals surface area (Å²) in [5, 5.41) is 0. The molecule has 0 spiro atoms. The molecule has 3 rings (SSSR count). The lowest BCUT2D eigenvalue weighted by Gasteiger charge is -2.18. The molecule has 0 saturated heterocycles. The first-order chi connectivity index (χ1) is 7.66. The minimum Gasteiger partial charge on any atom is -0.464 e. The van der Waals surface area contributed by atoms with Gasteiger partial charge in [-0.25, -0.2) is 0 Å². The first kappa shape index (κ1) is 9.29. The summed E-state index contributed by atoms with van der Waals surface area (Å²) in [6.45, 7) is 0. The largest absolute Gasteiger partial charge is 0.464 e. The minimum absolute atomic E-state index is 0.386. The zero-order valence-electron chi connectivity index (χ0n) is 7.99. The normalized spacial score (nSPS) is 20.0. The van der Waals surface area contributed by atoms with Crippen molar-refractivity contribution in [1.29, 1.82) is 0 Å². The maximum Gasteiger partial charge on any atom is 0.363 e. The Labute approximate surface area is 92.0 Å². The highest BCUT2D eigenvalue weighted by molar-refractivity contribution is 7.89. The van der Waals surface area contributed by atoms with E-state index in [1.165, 1.54) is 12.5 Å². The first-order valence-corrected chi connectivity index (χ1v) is 5.92. The van der Waals surface area contributed by atoms with E-state index in [2.05, 4.69) is 8.80 Å². The minimum atomic E-state index is -3.73. The molecule has 0 N–H and O–H groups in total. The van der Waals surface area contributed by atoms with E-state index < -0.39 is 10.2 Å². The summed E-state index contributed by atoms with van der Waals surface area (Å²) in [6.07, 6.45) is 2.69. The van der Waals surface area contributed by atoms with Gasteiger partial charge in [0.05, 0.1) is 11.8 Å². The zero-order chi connectivity index (χ0) is 11.2. The third kappa shape index (κ3) is 1.35. The van der Waals surface area contributed by atoms with Crippen LogP contribution in [0.1, 0.15) is 5.56 Å². The number of hydrogen-bond acceptors (Lipinski definition) is 3. The van der Waals surface area contributed by atoms with Gasteiger partial charge in [-0.2, -0.15) is 12.8 Å². The summed E-state index contributed by atoms with van der Waals surface area (Å²) >= 11 is 0. The van der Waals surface area contributed by atoms with E-state index in [9.17, 15) is 8.42 Å². The summed E-state index contributed by atoms with van der Waals surface area (Å²) < 4.78 is 34.8. The number of fused-ring (bicyclic) bond motifs is 3. The summed E-state index contributed by atoms with van der Waals surface area (Å²) in [5.74, 6) is 0.593. The van der Waals surface area contributed by atoms with Gasteiger partial charge in [-0.05, 0) is 12.1 Å². The van der Waals surface area contributed by atoms with E-state index >= 15 is 0 Å². The summed E-state index contributed by atoms with van der Waals surface area (Å²) in [4.78, 5) is 0. The summed E-state index contributed by atoms with van der Waals surface area (Å²) in [5.41, 5.74) is 1.61. The topological polar surface area (TPSA) is 68.1 Å². The second-order valence-electron chi connectivity index (χ2n) is 3.31. The zero-order valence-corrected chi connectivity index (χ0v) is 8.81. The third-order valence-corrected chi connectivity index (χ3v) is 3.05. The summed E-state index contributed by atoms with van der Waals surface area (Å²) in [6, 6.07) is 7.12. The van der Waals surface area contributed by atoms with Crippen molar-refractivity contribution >= 4 is 22.1 Å². The molecule has 80 valence electrons. The van der Waals surface area contributed by atoms with Crippen LogP contribution in [-0.4, -0.2) is 20.3 Å². The first-order valence-electron chi connectivity index (χ1n) is 4.52. The van der Waals surface area contributed by atoms with Gasteiger partial charge in [-0.3, -0.25) is 0 Å². The highest BCUT2D eigenvalue weighted by Gasteiger charge is 2.24. The van der Waals surface area contributed by atoms with Gasteiger partial charge in [-0.15, -0.1) is 4.40 Å². The molecule has 16 heavy (non-hydrogen) atoms. The van der Waals surface area contributed by atoms with Crippen LogP contribution in [0.25, 0.3) is 0 Å². The number of para-hydroxylation sites is 1.